The van der Waals surface area contributed by atoms with Crippen molar-refractivity contribution >= 4 is 21.8 Å². The number of nitrogens with one attached hydrogen (secondary N) is 1. The summed E-state index contributed by atoms with van der Waals surface area (Å²) in [5, 5.41) is 2.80. The van der Waals surface area contributed by atoms with Crippen molar-refractivity contribution in [1.29, 1.82) is 0 Å². The van der Waals surface area contributed by atoms with Crippen molar-refractivity contribution < 1.29 is 9.53 Å². The van der Waals surface area contributed by atoms with E-state index in [9.17, 15) is 9.59 Å². The van der Waals surface area contributed by atoms with Gasteiger partial charge in [0.1, 0.15) is 5.75 Å². The quantitative estimate of drug-likeness (QED) is 0.655. The maximum atomic E-state index is 12.3. The predicted octanol–water partition coefficient (Wildman–Crippen LogP) is 3.11. The van der Waals surface area contributed by atoms with E-state index in [1.807, 2.05) is 30.3 Å². The second-order valence-electron chi connectivity index (χ2n) is 5.80. The molecule has 1 aromatic heterocycles. The molecule has 0 atom stereocenters. The molecule has 2 aromatic carbocycles. The van der Waals surface area contributed by atoms with E-state index in [1.54, 1.807) is 25.3 Å². The zero-order chi connectivity index (χ0) is 19.2. The lowest BCUT2D eigenvalue weighted by atomic mass is 10.1. The molecule has 3 aromatic rings. The molecule has 0 aliphatic rings. The van der Waals surface area contributed by atoms with Crippen LogP contribution in [0.1, 0.15) is 10.4 Å². The average molecular weight is 428 g/mol. The van der Waals surface area contributed by atoms with Gasteiger partial charge in [-0.1, -0.05) is 22.0 Å². The van der Waals surface area contributed by atoms with E-state index >= 15 is 0 Å². The molecule has 0 unspecified atom stereocenters. The molecule has 0 bridgehead atoms. The number of hydrogen-bond donors (Lipinski definition) is 1. The molecular weight excluding hydrogens is 410 g/mol. The molecule has 0 aliphatic heterocycles. The molecule has 0 saturated heterocycles. The first kappa shape index (κ1) is 18.8. The molecule has 1 amide bonds. The molecule has 138 valence electrons. The Morgan fingerprint density at radius 2 is 1.96 bits per heavy atom. The molecule has 1 N–H and O–H groups in total. The minimum absolute atomic E-state index is 0.174. The van der Waals surface area contributed by atoms with E-state index < -0.39 is 0 Å². The summed E-state index contributed by atoms with van der Waals surface area (Å²) in [4.78, 5) is 28.8. The van der Waals surface area contributed by atoms with Crippen LogP contribution in [0.5, 0.6) is 5.75 Å². The lowest BCUT2D eigenvalue weighted by molar-refractivity contribution is 0.0952. The zero-order valence-corrected chi connectivity index (χ0v) is 16.3. The van der Waals surface area contributed by atoms with Crippen molar-refractivity contribution in [1.82, 2.24) is 14.9 Å². The lowest BCUT2D eigenvalue weighted by Crippen LogP contribution is -2.30. The molecule has 7 heteroatoms. The van der Waals surface area contributed by atoms with Crippen LogP contribution >= 0.6 is 15.9 Å². The Balaban J connectivity index is 1.62. The van der Waals surface area contributed by atoms with Crippen LogP contribution in [-0.4, -0.2) is 29.1 Å². The first-order valence-corrected chi connectivity index (χ1v) is 9.11. The van der Waals surface area contributed by atoms with Gasteiger partial charge >= 0.3 is 0 Å². The van der Waals surface area contributed by atoms with E-state index in [-0.39, 0.29) is 11.5 Å². The highest BCUT2D eigenvalue weighted by atomic mass is 79.9. The van der Waals surface area contributed by atoms with Crippen LogP contribution in [0.15, 0.2) is 70.2 Å². The number of carbonyl (C=O) groups is 1. The first-order chi connectivity index (χ1) is 13.1. The third kappa shape index (κ3) is 4.83. The summed E-state index contributed by atoms with van der Waals surface area (Å²) in [6.07, 6.45) is 1.49. The summed E-state index contributed by atoms with van der Waals surface area (Å²) in [6, 6.07) is 16.0. The van der Waals surface area contributed by atoms with Crippen molar-refractivity contribution in [2.45, 2.75) is 6.54 Å². The second-order valence-corrected chi connectivity index (χ2v) is 6.72. The highest BCUT2D eigenvalue weighted by Gasteiger charge is 2.07. The van der Waals surface area contributed by atoms with Crippen LogP contribution in [0.4, 0.5) is 0 Å². The second kappa shape index (κ2) is 8.64. The summed E-state index contributed by atoms with van der Waals surface area (Å²) in [6.45, 7) is 0.670. The minimum atomic E-state index is -0.188. The highest BCUT2D eigenvalue weighted by molar-refractivity contribution is 9.10. The van der Waals surface area contributed by atoms with Gasteiger partial charge in [0.05, 0.1) is 19.1 Å². The summed E-state index contributed by atoms with van der Waals surface area (Å²) in [5.41, 5.74) is 1.82. The van der Waals surface area contributed by atoms with Gasteiger partial charge in [0, 0.05) is 34.8 Å². The average Bonchev–Trinajstić information content (AvgIpc) is 2.69. The molecule has 6 nitrogen and oxygen atoms in total. The van der Waals surface area contributed by atoms with Crippen molar-refractivity contribution in [3.63, 3.8) is 0 Å². The van der Waals surface area contributed by atoms with Gasteiger partial charge in [0.2, 0.25) is 0 Å². The number of aromatic nitrogens is 2. The van der Waals surface area contributed by atoms with E-state index in [0.29, 0.717) is 24.3 Å². The number of carbonyl (C=O) groups excluding carboxylic acids is 1. The van der Waals surface area contributed by atoms with Crippen LogP contribution in [0.25, 0.3) is 11.3 Å². The number of halogens is 1. The van der Waals surface area contributed by atoms with Gasteiger partial charge in [-0.05, 0) is 42.5 Å². The molecule has 3 rings (SSSR count). The Labute approximate surface area is 165 Å². The van der Waals surface area contributed by atoms with Crippen molar-refractivity contribution in [3.05, 3.63) is 81.3 Å². The molecule has 0 saturated carbocycles. The molecular formula is C20H18BrN3O3. The van der Waals surface area contributed by atoms with Crippen LogP contribution < -0.4 is 15.6 Å². The number of methoxy groups -OCH3 is 1. The van der Waals surface area contributed by atoms with Gasteiger partial charge in [-0.2, -0.15) is 0 Å². The van der Waals surface area contributed by atoms with Crippen molar-refractivity contribution in [2.24, 2.45) is 0 Å². The summed E-state index contributed by atoms with van der Waals surface area (Å²) < 4.78 is 7.43. The summed E-state index contributed by atoms with van der Waals surface area (Å²) in [7, 11) is 1.60. The monoisotopic (exact) mass is 427 g/mol. The van der Waals surface area contributed by atoms with Crippen molar-refractivity contribution in [2.75, 3.05) is 13.7 Å². The predicted molar refractivity (Wildman–Crippen MR) is 107 cm³/mol. The SMILES string of the molecule is COc1ccc(-c2cc(=O)n(CCNC(=O)c3cccc(Br)c3)cn2)cc1. The van der Waals surface area contributed by atoms with E-state index in [1.165, 1.54) is 17.0 Å². The maximum absolute atomic E-state index is 12.3. The van der Waals surface area contributed by atoms with Crippen molar-refractivity contribution in [3.8, 4) is 17.0 Å². The number of hydrogen-bond acceptors (Lipinski definition) is 4. The zero-order valence-electron chi connectivity index (χ0n) is 14.7. The number of rotatable bonds is 6. The van der Waals surface area contributed by atoms with Crippen LogP contribution in [0.2, 0.25) is 0 Å². The fourth-order valence-corrected chi connectivity index (χ4v) is 2.93. The molecule has 0 aliphatic carbocycles. The number of nitrogens with zero attached hydrogens (tertiary/aromatic N) is 2. The topological polar surface area (TPSA) is 73.2 Å². The molecule has 0 spiro atoms. The van der Waals surface area contributed by atoms with Gasteiger partial charge < -0.3 is 10.1 Å². The number of amides is 1. The number of ether oxygens (including phenoxy) is 1. The summed E-state index contributed by atoms with van der Waals surface area (Å²) >= 11 is 3.34. The third-order valence-electron chi connectivity index (χ3n) is 3.99. The van der Waals surface area contributed by atoms with E-state index in [2.05, 4.69) is 26.2 Å². The standard InChI is InChI=1S/C20H18BrN3O3/c1-27-17-7-5-14(6-8-17)18-12-19(25)24(13-23-18)10-9-22-20(26)15-3-2-4-16(21)11-15/h2-8,11-13H,9-10H2,1H3,(H,22,26). The fraction of sp³-hybridized carbons (Fsp3) is 0.150. The van der Waals surface area contributed by atoms with Crippen LogP contribution in [-0.2, 0) is 6.54 Å². The maximum Gasteiger partial charge on any atom is 0.253 e. The number of benzene rings is 2. The highest BCUT2D eigenvalue weighted by Crippen LogP contribution is 2.19. The smallest absolute Gasteiger partial charge is 0.253 e. The van der Waals surface area contributed by atoms with Gasteiger partial charge in [-0.15, -0.1) is 0 Å². The van der Waals surface area contributed by atoms with E-state index in [0.717, 1.165) is 15.8 Å². The Bertz CT molecular complexity index is 1000. The third-order valence-corrected chi connectivity index (χ3v) is 4.48. The fourth-order valence-electron chi connectivity index (χ4n) is 2.54. The lowest BCUT2D eigenvalue weighted by Gasteiger charge is -2.09. The van der Waals surface area contributed by atoms with Gasteiger partial charge in [-0.3, -0.25) is 14.2 Å². The first-order valence-electron chi connectivity index (χ1n) is 8.31. The van der Waals surface area contributed by atoms with E-state index in [4.69, 9.17) is 4.74 Å². The van der Waals surface area contributed by atoms with Gasteiger partial charge in [0.15, 0.2) is 0 Å². The van der Waals surface area contributed by atoms with Gasteiger partial charge in [0.25, 0.3) is 11.5 Å². The minimum Gasteiger partial charge on any atom is -0.497 e. The Morgan fingerprint density at radius 3 is 2.63 bits per heavy atom. The molecule has 0 fully saturated rings. The molecule has 27 heavy (non-hydrogen) atoms. The molecule has 0 radical (unpaired) electrons. The largest absolute Gasteiger partial charge is 0.497 e. The summed E-state index contributed by atoms with van der Waals surface area (Å²) in [5.74, 6) is 0.556. The van der Waals surface area contributed by atoms with Crippen LogP contribution in [0.3, 0.4) is 0 Å². The Morgan fingerprint density at radius 1 is 1.19 bits per heavy atom. The Kier molecular flexibility index (Phi) is 6.03. The van der Waals surface area contributed by atoms with Crippen LogP contribution in [0, 0.1) is 0 Å². The Hall–Kier alpha value is -2.93. The van der Waals surface area contributed by atoms with Gasteiger partial charge in [-0.25, -0.2) is 4.98 Å². The normalized spacial score (nSPS) is 10.4. The molecule has 1 heterocycles.